The largest absolute Gasteiger partial charge is 0.508 e. The van der Waals surface area contributed by atoms with Crippen molar-refractivity contribution in [3.8, 4) is 18.1 Å². The van der Waals surface area contributed by atoms with Crippen LogP contribution in [-0.4, -0.2) is 89.7 Å². The minimum absolute atomic E-state index is 0.00133. The summed E-state index contributed by atoms with van der Waals surface area (Å²) in [7, 11) is 0. The molecule has 0 saturated carbocycles. The summed E-state index contributed by atoms with van der Waals surface area (Å²) >= 11 is 0. The normalized spacial score (nSPS) is 27.9. The monoisotopic (exact) mass is 616 g/mol. The fraction of sp³-hybridized carbons (Fsp3) is 0.424. The number of terminal acetylenes is 1. The van der Waals surface area contributed by atoms with E-state index in [2.05, 4.69) is 31.2 Å². The number of hydrazone groups is 1. The van der Waals surface area contributed by atoms with Gasteiger partial charge in [0.15, 0.2) is 0 Å². The molecule has 8 rings (SSSR count). The van der Waals surface area contributed by atoms with Crippen molar-refractivity contribution in [1.29, 1.82) is 0 Å². The maximum absolute atomic E-state index is 16.7. The number of benzene rings is 2. The van der Waals surface area contributed by atoms with E-state index in [1.165, 1.54) is 24.3 Å². The molecule has 45 heavy (non-hydrogen) atoms. The fourth-order valence-corrected chi connectivity index (χ4v) is 7.77. The van der Waals surface area contributed by atoms with Crippen LogP contribution in [0.25, 0.3) is 10.8 Å². The molecule has 0 spiro atoms. The van der Waals surface area contributed by atoms with Crippen LogP contribution in [0.5, 0.6) is 5.75 Å². The van der Waals surface area contributed by atoms with Crippen molar-refractivity contribution in [2.24, 2.45) is 15.1 Å². The molecule has 3 fully saturated rings. The molecule has 1 unspecified atom stereocenters. The quantitative estimate of drug-likeness (QED) is 0.394. The van der Waals surface area contributed by atoms with Gasteiger partial charge in [0.1, 0.15) is 35.9 Å². The second-order valence-corrected chi connectivity index (χ2v) is 12.4. The van der Waals surface area contributed by atoms with Crippen LogP contribution < -0.4 is 5.43 Å². The first-order valence-electron chi connectivity index (χ1n) is 15.3. The van der Waals surface area contributed by atoms with Crippen LogP contribution in [0, 0.1) is 18.2 Å². The first kappa shape index (κ1) is 28.2. The van der Waals surface area contributed by atoms with E-state index in [-0.39, 0.29) is 46.8 Å². The van der Waals surface area contributed by atoms with Gasteiger partial charge in [0.05, 0.1) is 34.9 Å². The summed E-state index contributed by atoms with van der Waals surface area (Å²) in [5.41, 5.74) is 4.04. The second-order valence-electron chi connectivity index (χ2n) is 12.4. The number of nitrogens with one attached hydrogen (secondary N) is 1. The Kier molecular flexibility index (Phi) is 6.65. The molecule has 2 N–H and O–H groups in total. The highest BCUT2D eigenvalue weighted by atomic mass is 19.1. The number of phenolic OH excluding ortho intramolecular Hbond substituents is 1. The topological polar surface area (TPSA) is 94.3 Å². The number of amidine groups is 2. The number of phenols is 1. The molecular weight excluding hydrogens is 585 g/mol. The van der Waals surface area contributed by atoms with Crippen molar-refractivity contribution in [3.05, 3.63) is 64.0 Å². The molecule has 12 heteroatoms. The van der Waals surface area contributed by atoms with Gasteiger partial charge in [-0.1, -0.05) is 12.0 Å². The maximum Gasteiger partial charge on any atom is 0.321 e. The Morgan fingerprint density at radius 2 is 2.09 bits per heavy atom. The Morgan fingerprint density at radius 3 is 2.91 bits per heavy atom. The van der Waals surface area contributed by atoms with Crippen molar-refractivity contribution in [2.75, 3.05) is 39.5 Å². The van der Waals surface area contributed by atoms with Gasteiger partial charge in [-0.3, -0.25) is 10.3 Å². The lowest BCUT2D eigenvalue weighted by molar-refractivity contribution is 0.105. The molecule has 0 aliphatic carbocycles. The average molecular weight is 617 g/mol. The molecule has 0 aromatic heterocycles. The van der Waals surface area contributed by atoms with E-state index in [4.69, 9.17) is 20.9 Å². The molecule has 6 heterocycles. The van der Waals surface area contributed by atoms with Crippen molar-refractivity contribution in [3.63, 3.8) is 0 Å². The summed E-state index contributed by atoms with van der Waals surface area (Å²) in [5.74, 6) is 1.22. The molecule has 0 bridgehead atoms. The van der Waals surface area contributed by atoms with E-state index in [1.54, 1.807) is 0 Å². The molecule has 9 nitrogen and oxygen atoms in total. The van der Waals surface area contributed by atoms with Gasteiger partial charge in [0, 0.05) is 49.2 Å². The van der Waals surface area contributed by atoms with Crippen LogP contribution in [0.2, 0.25) is 0 Å². The first-order chi connectivity index (χ1) is 21.8. The zero-order valence-electron chi connectivity index (χ0n) is 24.5. The molecule has 3 atom stereocenters. The van der Waals surface area contributed by atoms with Crippen LogP contribution in [0.3, 0.4) is 0 Å². The highest BCUT2D eigenvalue weighted by Gasteiger charge is 2.50. The fourth-order valence-electron chi connectivity index (χ4n) is 7.77. The van der Waals surface area contributed by atoms with Gasteiger partial charge in [-0.15, -0.1) is 6.42 Å². The lowest BCUT2D eigenvalue weighted by Gasteiger charge is -2.38. The molecular formula is C33H31F3N6O3. The summed E-state index contributed by atoms with van der Waals surface area (Å²) in [4.78, 5) is 13.3. The molecule has 6 aliphatic heterocycles. The third kappa shape index (κ3) is 4.51. The number of hydrogen-bond donors (Lipinski definition) is 2. The summed E-state index contributed by atoms with van der Waals surface area (Å²) in [6, 6.07) is 5.43. The van der Waals surface area contributed by atoms with Crippen LogP contribution in [-0.2, 0) is 9.47 Å². The molecule has 2 aromatic rings. The van der Waals surface area contributed by atoms with E-state index in [0.29, 0.717) is 67.0 Å². The number of alkyl halides is 1. The molecule has 0 amide bonds. The summed E-state index contributed by atoms with van der Waals surface area (Å²) in [6.07, 6.45) is 8.15. The smallest absolute Gasteiger partial charge is 0.321 e. The highest BCUT2D eigenvalue weighted by molar-refractivity contribution is 6.28. The zero-order chi connectivity index (χ0) is 30.9. The third-order valence-electron chi connectivity index (χ3n) is 9.82. The number of fused-ring (bicyclic) bond motifs is 2. The SMILES string of the molecule is C#Cc1c(F)ccc2cc(O)cc(C3=NNC4=C5C(=NC(OC[C@@]67CCCN6C[C@H](F)C7)=NC(F)=C35)N(C3CCOC3)CC4)c12. The van der Waals surface area contributed by atoms with Crippen molar-refractivity contribution < 1.29 is 27.8 Å². The minimum atomic E-state index is -0.943. The predicted molar refractivity (Wildman–Crippen MR) is 163 cm³/mol. The Bertz CT molecular complexity index is 1820. The predicted octanol–water partition coefficient (Wildman–Crippen LogP) is 4.26. The number of nitrogens with zero attached hydrogens (tertiary/aromatic N) is 5. The summed E-state index contributed by atoms with van der Waals surface area (Å²) in [5, 5.41) is 16.0. The van der Waals surface area contributed by atoms with Crippen LogP contribution in [0.1, 0.15) is 43.2 Å². The lowest BCUT2D eigenvalue weighted by Crippen LogP contribution is -2.48. The Hall–Kier alpha value is -4.34. The minimum Gasteiger partial charge on any atom is -0.508 e. The number of ether oxygens (including phenoxy) is 2. The van der Waals surface area contributed by atoms with E-state index in [9.17, 15) is 13.9 Å². The Morgan fingerprint density at radius 1 is 1.20 bits per heavy atom. The molecule has 0 radical (unpaired) electrons. The van der Waals surface area contributed by atoms with E-state index in [0.717, 1.165) is 25.8 Å². The van der Waals surface area contributed by atoms with Gasteiger partial charge < -0.3 is 19.5 Å². The highest BCUT2D eigenvalue weighted by Crippen LogP contribution is 2.42. The third-order valence-corrected chi connectivity index (χ3v) is 9.82. The van der Waals surface area contributed by atoms with Crippen molar-refractivity contribution in [2.45, 2.75) is 49.9 Å². The number of halogens is 3. The maximum atomic E-state index is 16.7. The summed E-state index contributed by atoms with van der Waals surface area (Å²) in [6.45, 7) is 2.94. The van der Waals surface area contributed by atoms with E-state index < -0.39 is 23.5 Å². The Labute approximate surface area is 257 Å². The van der Waals surface area contributed by atoms with Gasteiger partial charge in [0.2, 0.25) is 5.95 Å². The standard InChI is InChI=1S/C33H31F3N6O3/c1-2-22-24(35)5-4-18-12-21(43)13-23(26(18)22)29-28-27-25(39-40-29)6-10-42(20-7-11-44-16-20)31(27)38-32(37-30(28)36)45-17-33-8-3-9-41(33)15-19(34)14-33/h1,4-5,12-13,19-20,39,43H,3,6-11,14-17H2/t19-,20?,33+/m1/s1. The number of rotatable bonds is 4. The van der Waals surface area contributed by atoms with Crippen molar-refractivity contribution in [1.82, 2.24) is 15.2 Å². The van der Waals surface area contributed by atoms with Crippen LogP contribution in [0.15, 0.2) is 62.1 Å². The van der Waals surface area contributed by atoms with Crippen LogP contribution >= 0.6 is 0 Å². The molecule has 232 valence electrons. The molecule has 6 aliphatic rings. The molecule has 3 saturated heterocycles. The number of hydrogen-bond acceptors (Lipinski definition) is 9. The van der Waals surface area contributed by atoms with Gasteiger partial charge in [-0.25, -0.2) is 8.78 Å². The van der Waals surface area contributed by atoms with Gasteiger partial charge >= 0.3 is 6.02 Å². The van der Waals surface area contributed by atoms with Gasteiger partial charge in [-0.05, 0) is 49.4 Å². The summed E-state index contributed by atoms with van der Waals surface area (Å²) < 4.78 is 58.0. The van der Waals surface area contributed by atoms with Crippen molar-refractivity contribution >= 4 is 28.3 Å². The number of aliphatic imine (C=N–C) groups is 2. The lowest BCUT2D eigenvalue weighted by atomic mass is 9.86. The van der Waals surface area contributed by atoms with Crippen LogP contribution in [0.4, 0.5) is 13.2 Å². The molecule has 2 aromatic carbocycles. The van der Waals surface area contributed by atoms with E-state index in [1.807, 2.05) is 0 Å². The zero-order valence-corrected chi connectivity index (χ0v) is 24.5. The van der Waals surface area contributed by atoms with Gasteiger partial charge in [0.25, 0.3) is 0 Å². The average Bonchev–Trinajstić information content (AvgIpc) is 3.73. The van der Waals surface area contributed by atoms with Gasteiger partial charge in [-0.2, -0.15) is 19.5 Å². The first-order valence-corrected chi connectivity index (χ1v) is 15.3. The van der Waals surface area contributed by atoms with E-state index >= 15 is 4.39 Å². The second kappa shape index (κ2) is 10.6. The Balaban J connectivity index is 1.28. The number of aromatic hydroxyl groups is 1.